The van der Waals surface area contributed by atoms with Gasteiger partial charge < -0.3 is 24.3 Å². The number of fused-ring (bicyclic) bond motifs is 1. The predicted octanol–water partition coefficient (Wildman–Crippen LogP) is 2.50. The Kier molecular flexibility index (Phi) is 8.23. The molecule has 3 heterocycles. The van der Waals surface area contributed by atoms with Gasteiger partial charge in [-0.3, -0.25) is 14.6 Å². The van der Waals surface area contributed by atoms with E-state index in [2.05, 4.69) is 34.1 Å². The standard InChI is InChI=1S/C23H37N5O7S/c1-22(2,3)34-20(30)24-9-8-23(4)14-27(21(31)35-23)16-12-25-19-18(26-16)28(17(29)13-33-19)15-32-10-11-36(5,6)7/h12H,8-11,13-15H2,1-7H3,(H,24,30). The average Bonchev–Trinajstić information content (AvgIpc) is 3.04. The third-order valence-corrected chi connectivity index (χ3v) is 6.70. The third kappa shape index (κ3) is 7.60. The topological polar surface area (TPSA) is 132 Å². The van der Waals surface area contributed by atoms with Crippen molar-refractivity contribution in [3.05, 3.63) is 6.20 Å². The van der Waals surface area contributed by atoms with E-state index in [1.807, 2.05) is 0 Å². The molecule has 0 radical (unpaired) electrons. The number of anilines is 2. The van der Waals surface area contributed by atoms with Crippen LogP contribution in [0.25, 0.3) is 0 Å². The summed E-state index contributed by atoms with van der Waals surface area (Å²) in [5.41, 5.74) is -1.47. The van der Waals surface area contributed by atoms with Crippen LogP contribution in [0.3, 0.4) is 0 Å². The number of carbonyl (C=O) groups is 3. The molecule has 0 aromatic carbocycles. The van der Waals surface area contributed by atoms with Crippen LogP contribution in [0.2, 0.25) is 0 Å². The SMILES string of the molecule is CC(C)(C)OC(=O)NCCC1(C)CN(c2cnc3c(n2)N(COCCS(C)(C)C)C(=O)CO3)C(=O)O1. The van der Waals surface area contributed by atoms with Crippen molar-refractivity contribution in [2.75, 3.05) is 67.4 Å². The Hall–Kier alpha value is -2.80. The highest BCUT2D eigenvalue weighted by molar-refractivity contribution is 8.32. The molecule has 1 aromatic heterocycles. The smallest absolute Gasteiger partial charge is 0.416 e. The van der Waals surface area contributed by atoms with Gasteiger partial charge in [-0.15, -0.1) is 0 Å². The molecule has 1 unspecified atom stereocenters. The van der Waals surface area contributed by atoms with Gasteiger partial charge in [0.15, 0.2) is 12.4 Å². The Labute approximate surface area is 213 Å². The summed E-state index contributed by atoms with van der Waals surface area (Å²) in [5.74, 6) is 1.22. The summed E-state index contributed by atoms with van der Waals surface area (Å²) >= 11 is 0. The molecule has 0 aliphatic carbocycles. The summed E-state index contributed by atoms with van der Waals surface area (Å²) in [4.78, 5) is 48.6. The fourth-order valence-electron chi connectivity index (χ4n) is 3.44. The second-order valence-electron chi connectivity index (χ2n) is 10.9. The first-order valence-electron chi connectivity index (χ1n) is 11.7. The van der Waals surface area contributed by atoms with E-state index in [-0.39, 0.29) is 49.9 Å². The lowest BCUT2D eigenvalue weighted by atomic mass is 10.0. The Morgan fingerprint density at radius 3 is 2.67 bits per heavy atom. The molecule has 3 amide bonds. The van der Waals surface area contributed by atoms with E-state index in [1.165, 1.54) is 16.0 Å². The monoisotopic (exact) mass is 527 g/mol. The third-order valence-electron chi connectivity index (χ3n) is 5.30. The molecule has 3 rings (SSSR count). The van der Waals surface area contributed by atoms with Gasteiger partial charge in [-0.25, -0.2) is 29.6 Å². The first kappa shape index (κ1) is 27.8. The van der Waals surface area contributed by atoms with Gasteiger partial charge in [0.1, 0.15) is 17.9 Å². The van der Waals surface area contributed by atoms with Gasteiger partial charge in [0, 0.05) is 18.7 Å². The van der Waals surface area contributed by atoms with Gasteiger partial charge in [-0.1, -0.05) is 0 Å². The molecule has 1 fully saturated rings. The molecule has 2 aliphatic heterocycles. The Morgan fingerprint density at radius 2 is 2.00 bits per heavy atom. The first-order chi connectivity index (χ1) is 16.7. The van der Waals surface area contributed by atoms with Crippen LogP contribution in [-0.2, 0) is 19.0 Å². The number of ether oxygens (including phenoxy) is 4. The normalized spacial score (nSPS) is 20.5. The van der Waals surface area contributed by atoms with Crippen molar-refractivity contribution >= 4 is 39.8 Å². The van der Waals surface area contributed by atoms with Crippen LogP contribution < -0.4 is 19.9 Å². The Bertz CT molecular complexity index is 994. The molecular formula is C23H37N5O7S. The van der Waals surface area contributed by atoms with Crippen LogP contribution in [-0.4, -0.2) is 96.8 Å². The molecule has 0 bridgehead atoms. The van der Waals surface area contributed by atoms with Crippen LogP contribution >= 0.6 is 10.0 Å². The number of amides is 3. The minimum absolute atomic E-state index is 0.0152. The average molecular weight is 528 g/mol. The van der Waals surface area contributed by atoms with Crippen LogP contribution in [0.5, 0.6) is 5.88 Å². The number of hydrogen-bond acceptors (Lipinski definition) is 9. The molecular weight excluding hydrogens is 490 g/mol. The van der Waals surface area contributed by atoms with Crippen molar-refractivity contribution < 1.29 is 33.3 Å². The van der Waals surface area contributed by atoms with Gasteiger partial charge >= 0.3 is 12.2 Å². The minimum Gasteiger partial charge on any atom is -0.465 e. The van der Waals surface area contributed by atoms with E-state index in [9.17, 15) is 14.4 Å². The van der Waals surface area contributed by atoms with E-state index in [0.717, 1.165) is 5.75 Å². The summed E-state index contributed by atoms with van der Waals surface area (Å²) < 4.78 is 22.0. The Morgan fingerprint density at radius 1 is 1.28 bits per heavy atom. The maximum absolute atomic E-state index is 12.7. The fraction of sp³-hybridized carbons (Fsp3) is 0.696. The molecule has 1 aromatic rings. The van der Waals surface area contributed by atoms with Crippen molar-refractivity contribution in [2.24, 2.45) is 0 Å². The van der Waals surface area contributed by atoms with E-state index < -0.39 is 33.4 Å². The van der Waals surface area contributed by atoms with E-state index >= 15 is 0 Å². The van der Waals surface area contributed by atoms with Crippen molar-refractivity contribution in [2.45, 2.75) is 45.3 Å². The van der Waals surface area contributed by atoms with Crippen LogP contribution in [0, 0.1) is 0 Å². The van der Waals surface area contributed by atoms with Gasteiger partial charge in [-0.2, -0.15) is 0 Å². The van der Waals surface area contributed by atoms with Gasteiger partial charge in [0.05, 0.1) is 19.3 Å². The largest absolute Gasteiger partial charge is 0.465 e. The van der Waals surface area contributed by atoms with Crippen LogP contribution in [0.15, 0.2) is 6.20 Å². The van der Waals surface area contributed by atoms with Gasteiger partial charge in [0.2, 0.25) is 5.82 Å². The van der Waals surface area contributed by atoms with Crippen LogP contribution in [0.4, 0.5) is 21.2 Å². The summed E-state index contributed by atoms with van der Waals surface area (Å²) in [5, 5.41) is 2.67. The van der Waals surface area contributed by atoms with E-state index in [0.29, 0.717) is 13.0 Å². The molecule has 1 N–H and O–H groups in total. The van der Waals surface area contributed by atoms with Crippen molar-refractivity contribution in [3.8, 4) is 5.88 Å². The van der Waals surface area contributed by atoms with Crippen molar-refractivity contribution in [1.29, 1.82) is 0 Å². The summed E-state index contributed by atoms with van der Waals surface area (Å²) in [6.45, 7) is 7.93. The minimum atomic E-state index is -0.867. The van der Waals surface area contributed by atoms with E-state index in [4.69, 9.17) is 18.9 Å². The molecule has 0 saturated carbocycles. The number of nitrogens with zero attached hydrogens (tertiary/aromatic N) is 4. The summed E-state index contributed by atoms with van der Waals surface area (Å²) in [7, 11) is -0.725. The molecule has 1 saturated heterocycles. The molecule has 36 heavy (non-hydrogen) atoms. The fourth-order valence-corrected chi connectivity index (χ4v) is 4.05. The first-order valence-corrected chi connectivity index (χ1v) is 14.7. The maximum atomic E-state index is 12.7. The number of nitrogens with one attached hydrogen (secondary N) is 1. The lowest BCUT2D eigenvalue weighted by molar-refractivity contribution is -0.122. The number of cyclic esters (lactones) is 1. The highest BCUT2D eigenvalue weighted by Crippen LogP contribution is 2.35. The number of carbonyl (C=O) groups excluding carboxylic acids is 3. The maximum Gasteiger partial charge on any atom is 0.416 e. The highest BCUT2D eigenvalue weighted by Gasteiger charge is 2.43. The number of hydrogen-bond donors (Lipinski definition) is 1. The van der Waals surface area contributed by atoms with Crippen molar-refractivity contribution in [3.63, 3.8) is 0 Å². The highest BCUT2D eigenvalue weighted by atomic mass is 32.3. The van der Waals surface area contributed by atoms with Gasteiger partial charge in [0.25, 0.3) is 11.8 Å². The Balaban J connectivity index is 1.65. The molecule has 0 spiro atoms. The van der Waals surface area contributed by atoms with E-state index in [1.54, 1.807) is 27.7 Å². The number of alkyl carbamates (subject to hydrolysis) is 1. The molecule has 12 nitrogen and oxygen atoms in total. The number of aromatic nitrogens is 2. The second kappa shape index (κ2) is 10.7. The van der Waals surface area contributed by atoms with Gasteiger partial charge in [-0.05, 0) is 46.5 Å². The second-order valence-corrected chi connectivity index (χ2v) is 15.5. The summed E-state index contributed by atoms with van der Waals surface area (Å²) in [6.07, 6.45) is 7.22. The zero-order valence-electron chi connectivity index (χ0n) is 22.1. The zero-order valence-corrected chi connectivity index (χ0v) is 22.9. The molecule has 202 valence electrons. The molecule has 1 atom stereocenters. The lowest BCUT2D eigenvalue weighted by Gasteiger charge is -2.29. The number of rotatable bonds is 9. The lowest BCUT2D eigenvalue weighted by Crippen LogP contribution is -2.42. The van der Waals surface area contributed by atoms with Crippen molar-refractivity contribution in [1.82, 2.24) is 15.3 Å². The predicted molar refractivity (Wildman–Crippen MR) is 137 cm³/mol. The molecule has 2 aliphatic rings. The summed E-state index contributed by atoms with van der Waals surface area (Å²) in [6, 6.07) is 0. The zero-order chi connectivity index (χ0) is 26.7. The quantitative estimate of drug-likeness (QED) is 0.481. The van der Waals surface area contributed by atoms with Crippen LogP contribution in [0.1, 0.15) is 34.1 Å². The molecule has 13 heteroatoms.